The average molecular weight is 471 g/mol. The number of rotatable bonds is 5. The summed E-state index contributed by atoms with van der Waals surface area (Å²) in [4.78, 5) is 23.3. The second-order valence-electron chi connectivity index (χ2n) is 9.77. The molecule has 7 nitrogen and oxygen atoms in total. The number of carboxylic acid groups (broad SMARTS) is 1. The van der Waals surface area contributed by atoms with Crippen LogP contribution in [-0.2, 0) is 20.2 Å². The van der Waals surface area contributed by atoms with E-state index < -0.39 is 53.3 Å². The first-order valence-corrected chi connectivity index (χ1v) is 10.3. The summed E-state index contributed by atoms with van der Waals surface area (Å²) in [5.74, 6) is -1.48. The van der Waals surface area contributed by atoms with Crippen molar-refractivity contribution >= 4 is 25.3 Å². The van der Waals surface area contributed by atoms with E-state index in [1.165, 1.54) is 6.08 Å². The van der Waals surface area contributed by atoms with Crippen LogP contribution in [0.5, 0.6) is 0 Å². The zero-order valence-corrected chi connectivity index (χ0v) is 19.7. The maximum absolute atomic E-state index is 13.7. The third-order valence-electron chi connectivity index (χ3n) is 5.34. The molecule has 182 valence electrons. The number of halogens is 3. The Morgan fingerprint density at radius 2 is 1.67 bits per heavy atom. The highest BCUT2D eigenvalue weighted by Gasteiger charge is 2.52. The number of carboxylic acids is 1. The molecule has 1 amide bonds. The van der Waals surface area contributed by atoms with Gasteiger partial charge in [0.25, 0.3) is 0 Å². The van der Waals surface area contributed by atoms with Crippen LogP contribution in [0.4, 0.5) is 18.0 Å². The lowest BCUT2D eigenvalue weighted by Gasteiger charge is -2.32. The fourth-order valence-electron chi connectivity index (χ4n) is 2.95. The Hall–Kier alpha value is -2.53. The monoisotopic (exact) mass is 471 g/mol. The van der Waals surface area contributed by atoms with Crippen LogP contribution < -0.4 is 5.32 Å². The first kappa shape index (κ1) is 26.7. The van der Waals surface area contributed by atoms with E-state index in [0.29, 0.717) is 6.07 Å². The molecule has 1 aromatic rings. The van der Waals surface area contributed by atoms with Gasteiger partial charge in [0.15, 0.2) is 0 Å². The number of nitrogens with one attached hydrogen (secondary N) is 1. The molecule has 0 atom stereocenters. The minimum Gasteiger partial charge on any atom is -0.478 e. The smallest absolute Gasteiger partial charge is 0.478 e. The van der Waals surface area contributed by atoms with Crippen molar-refractivity contribution in [3.05, 3.63) is 40.4 Å². The number of aromatic carboxylic acids is 1. The van der Waals surface area contributed by atoms with Gasteiger partial charge in [-0.1, -0.05) is 12.1 Å². The van der Waals surface area contributed by atoms with Gasteiger partial charge in [-0.2, -0.15) is 13.2 Å². The van der Waals surface area contributed by atoms with Gasteiger partial charge in [0.2, 0.25) is 0 Å². The average Bonchev–Trinajstić information content (AvgIpc) is 2.83. The summed E-state index contributed by atoms with van der Waals surface area (Å²) in [6, 6.07) is 2.70. The van der Waals surface area contributed by atoms with Crippen LogP contribution in [0.2, 0.25) is 0 Å². The molecule has 0 unspecified atom stereocenters. The van der Waals surface area contributed by atoms with E-state index in [4.69, 9.17) is 19.2 Å². The van der Waals surface area contributed by atoms with Crippen molar-refractivity contribution in [2.75, 3.05) is 6.54 Å². The van der Waals surface area contributed by atoms with Gasteiger partial charge in [0.05, 0.1) is 22.3 Å². The largest absolute Gasteiger partial charge is 0.492 e. The third kappa shape index (κ3) is 6.74. The molecule has 1 aliphatic heterocycles. The number of alkyl carbamates (subject to hydrolysis) is 1. The van der Waals surface area contributed by atoms with E-state index in [2.05, 4.69) is 5.32 Å². The lowest BCUT2D eigenvalue weighted by atomic mass is 9.76. The van der Waals surface area contributed by atoms with Gasteiger partial charge >= 0.3 is 25.4 Å². The van der Waals surface area contributed by atoms with Crippen LogP contribution >= 0.6 is 0 Å². The number of hydrogen-bond acceptors (Lipinski definition) is 5. The molecule has 0 radical (unpaired) electrons. The Morgan fingerprint density at radius 3 is 2.12 bits per heavy atom. The van der Waals surface area contributed by atoms with Gasteiger partial charge in [0.1, 0.15) is 5.60 Å². The maximum Gasteiger partial charge on any atom is 0.492 e. The Bertz CT molecular complexity index is 934. The number of ether oxygens (including phenoxy) is 1. The summed E-state index contributed by atoms with van der Waals surface area (Å²) in [7, 11) is -1.05. The van der Waals surface area contributed by atoms with Crippen LogP contribution in [0.15, 0.2) is 23.7 Å². The highest BCUT2D eigenvalue weighted by molar-refractivity contribution is 6.56. The van der Waals surface area contributed by atoms with Gasteiger partial charge in [-0.25, -0.2) is 9.59 Å². The van der Waals surface area contributed by atoms with Crippen LogP contribution in [0.3, 0.4) is 0 Å². The quantitative estimate of drug-likeness (QED) is 0.591. The Kier molecular flexibility index (Phi) is 7.30. The first-order chi connectivity index (χ1) is 14.8. The molecule has 0 aliphatic carbocycles. The molecule has 0 aromatic heterocycles. The zero-order valence-electron chi connectivity index (χ0n) is 19.7. The molecule has 33 heavy (non-hydrogen) atoms. The van der Waals surface area contributed by atoms with Gasteiger partial charge in [-0.15, -0.1) is 0 Å². The number of amides is 1. The molecule has 1 saturated heterocycles. The normalized spacial score (nSPS) is 18.2. The van der Waals surface area contributed by atoms with E-state index in [-0.39, 0.29) is 17.6 Å². The van der Waals surface area contributed by atoms with Crippen molar-refractivity contribution in [3.63, 3.8) is 0 Å². The van der Waals surface area contributed by atoms with Crippen molar-refractivity contribution in [2.45, 2.75) is 71.4 Å². The SMILES string of the molecule is CC(C)(C)OC(=O)NCC(=Cc1ccc(C(=O)O)cc1C(F)(F)F)B1OC(C)(C)C(C)(C)O1. The van der Waals surface area contributed by atoms with Crippen LogP contribution in [0.1, 0.15) is 70.0 Å². The summed E-state index contributed by atoms with van der Waals surface area (Å²) < 4.78 is 58.2. The van der Waals surface area contributed by atoms with Crippen molar-refractivity contribution in [2.24, 2.45) is 0 Å². The van der Waals surface area contributed by atoms with E-state index in [1.807, 2.05) is 0 Å². The zero-order chi connectivity index (χ0) is 25.4. The summed E-state index contributed by atoms with van der Waals surface area (Å²) in [5, 5.41) is 11.6. The Morgan fingerprint density at radius 1 is 1.12 bits per heavy atom. The van der Waals surface area contributed by atoms with Gasteiger partial charge in [0, 0.05) is 6.54 Å². The molecule has 0 spiro atoms. The van der Waals surface area contributed by atoms with Gasteiger partial charge in [-0.3, -0.25) is 0 Å². The molecule has 1 heterocycles. The van der Waals surface area contributed by atoms with Crippen molar-refractivity contribution < 1.29 is 41.9 Å². The predicted octanol–water partition coefficient (Wildman–Crippen LogP) is 4.94. The second kappa shape index (κ2) is 9.02. The first-order valence-electron chi connectivity index (χ1n) is 10.3. The van der Waals surface area contributed by atoms with E-state index in [0.717, 1.165) is 12.1 Å². The van der Waals surface area contributed by atoms with Crippen molar-refractivity contribution in [1.82, 2.24) is 5.32 Å². The summed E-state index contributed by atoms with van der Waals surface area (Å²) in [5.41, 5.74) is -4.03. The standard InChI is InChI=1S/C22H29BF3NO6/c1-19(2,3)31-18(30)27-12-15(23-32-20(4,5)21(6,7)33-23)10-13-8-9-14(17(28)29)11-16(13)22(24,25)26/h8-11H,12H2,1-7H3,(H,27,30)(H,28,29). The molecule has 2 N–H and O–H groups in total. The van der Waals surface area contributed by atoms with E-state index in [9.17, 15) is 22.8 Å². The number of alkyl halides is 3. The predicted molar refractivity (Wildman–Crippen MR) is 117 cm³/mol. The van der Waals surface area contributed by atoms with Crippen LogP contribution in [-0.4, -0.2) is 47.6 Å². The van der Waals surface area contributed by atoms with E-state index >= 15 is 0 Å². The number of carbonyl (C=O) groups excluding carboxylic acids is 1. The minimum absolute atomic E-state index is 0.202. The molecule has 1 aliphatic rings. The topological polar surface area (TPSA) is 94.1 Å². The highest BCUT2D eigenvalue weighted by Crippen LogP contribution is 2.40. The molecular formula is C22H29BF3NO6. The van der Waals surface area contributed by atoms with Gasteiger partial charge in [-0.05, 0) is 71.6 Å². The number of carbonyl (C=O) groups is 2. The third-order valence-corrected chi connectivity index (χ3v) is 5.34. The fourth-order valence-corrected chi connectivity index (χ4v) is 2.95. The van der Waals surface area contributed by atoms with Crippen LogP contribution in [0.25, 0.3) is 6.08 Å². The van der Waals surface area contributed by atoms with Gasteiger partial charge < -0.3 is 24.5 Å². The molecule has 11 heteroatoms. The number of benzene rings is 1. The Balaban J connectivity index is 2.49. The lowest BCUT2D eigenvalue weighted by molar-refractivity contribution is -0.137. The van der Waals surface area contributed by atoms with Crippen molar-refractivity contribution in [1.29, 1.82) is 0 Å². The van der Waals surface area contributed by atoms with E-state index in [1.54, 1.807) is 48.5 Å². The summed E-state index contributed by atoms with van der Waals surface area (Å²) in [6.45, 7) is 12.0. The molecule has 0 saturated carbocycles. The fraction of sp³-hybridized carbons (Fsp3) is 0.545. The molecule has 2 rings (SSSR count). The second-order valence-corrected chi connectivity index (χ2v) is 9.77. The lowest BCUT2D eigenvalue weighted by Crippen LogP contribution is -2.41. The Labute approximate surface area is 191 Å². The molecule has 0 bridgehead atoms. The summed E-state index contributed by atoms with van der Waals surface area (Å²) in [6.07, 6.45) is -4.38. The molecule has 1 fully saturated rings. The summed E-state index contributed by atoms with van der Waals surface area (Å²) >= 11 is 0. The maximum atomic E-state index is 13.7. The molecule has 1 aromatic carbocycles. The molecular weight excluding hydrogens is 442 g/mol. The van der Waals surface area contributed by atoms with Crippen LogP contribution in [0, 0.1) is 0 Å². The minimum atomic E-state index is -4.81. The number of hydrogen-bond donors (Lipinski definition) is 2. The van der Waals surface area contributed by atoms with Crippen molar-refractivity contribution in [3.8, 4) is 0 Å². The highest BCUT2D eigenvalue weighted by atomic mass is 19.4.